The summed E-state index contributed by atoms with van der Waals surface area (Å²) in [7, 11) is 0. The van der Waals surface area contributed by atoms with Gasteiger partial charge in [0.2, 0.25) is 5.91 Å². The summed E-state index contributed by atoms with van der Waals surface area (Å²) in [5, 5.41) is 0. The lowest BCUT2D eigenvalue weighted by Gasteiger charge is -2.43. The zero-order valence-electron chi connectivity index (χ0n) is 21.8. The van der Waals surface area contributed by atoms with Crippen LogP contribution in [0.5, 0.6) is 0 Å². The highest BCUT2D eigenvalue weighted by molar-refractivity contribution is 5.96. The lowest BCUT2D eigenvalue weighted by Crippen LogP contribution is -2.57. The van der Waals surface area contributed by atoms with Crippen molar-refractivity contribution in [2.45, 2.75) is 43.6 Å². The summed E-state index contributed by atoms with van der Waals surface area (Å²) in [6.07, 6.45) is -7.42. The normalized spacial score (nSPS) is 20.1. The summed E-state index contributed by atoms with van der Waals surface area (Å²) in [6.45, 7) is 3.71. The van der Waals surface area contributed by atoms with Crippen molar-refractivity contribution in [1.29, 1.82) is 0 Å². The van der Waals surface area contributed by atoms with Gasteiger partial charge < -0.3 is 19.6 Å². The van der Waals surface area contributed by atoms with Crippen molar-refractivity contribution in [3.8, 4) is 0 Å². The minimum absolute atomic E-state index is 0.00758. The topological polar surface area (TPSA) is 47.1 Å². The van der Waals surface area contributed by atoms with E-state index in [1.807, 2.05) is 40.1 Å². The van der Waals surface area contributed by atoms with Crippen LogP contribution in [0.15, 0.2) is 48.5 Å². The summed E-state index contributed by atoms with van der Waals surface area (Å²) in [4.78, 5) is 34.4. The van der Waals surface area contributed by atoms with Crippen LogP contribution in [0, 0.1) is 0 Å². The lowest BCUT2D eigenvalue weighted by molar-refractivity contribution is -0.143. The largest absolute Gasteiger partial charge is 0.416 e. The molecule has 5 rings (SSSR count). The smallest absolute Gasteiger partial charge is 0.339 e. The predicted molar refractivity (Wildman–Crippen MR) is 135 cm³/mol. The van der Waals surface area contributed by atoms with Crippen LogP contribution < -0.4 is 4.90 Å². The van der Waals surface area contributed by atoms with Crippen molar-refractivity contribution in [2.75, 3.05) is 50.8 Å². The monoisotopic (exact) mass is 568 g/mol. The van der Waals surface area contributed by atoms with Crippen molar-refractivity contribution in [3.63, 3.8) is 0 Å². The average Bonchev–Trinajstić information content (AvgIpc) is 3.54. The maximum absolute atomic E-state index is 13.8. The van der Waals surface area contributed by atoms with E-state index in [9.17, 15) is 35.9 Å². The van der Waals surface area contributed by atoms with E-state index in [4.69, 9.17) is 0 Å². The standard InChI is InChI=1S/C28H30F6N4O2/c29-27(30,31)21-16-20(17-22(18-21)28(32,33)34)24(39)36-12-8-26(9-13-36)25(40)37(15-14-35-10-4-5-11-35)19-38(26)23-6-2-1-3-7-23/h1-3,6-7,16-18H,4-5,8-15,19H2. The molecule has 6 nitrogen and oxygen atoms in total. The predicted octanol–water partition coefficient (Wildman–Crippen LogP) is 5.10. The molecular weight excluding hydrogens is 538 g/mol. The number of anilines is 1. The van der Waals surface area contributed by atoms with Crippen LogP contribution in [0.25, 0.3) is 0 Å². The van der Waals surface area contributed by atoms with Crippen LogP contribution in [-0.2, 0) is 17.1 Å². The van der Waals surface area contributed by atoms with Crippen molar-refractivity contribution >= 4 is 17.5 Å². The van der Waals surface area contributed by atoms with Crippen LogP contribution in [0.3, 0.4) is 0 Å². The van der Waals surface area contributed by atoms with Crippen LogP contribution in [0.2, 0.25) is 0 Å². The first-order valence-electron chi connectivity index (χ1n) is 13.3. The molecule has 0 atom stereocenters. The number of rotatable bonds is 5. The van der Waals surface area contributed by atoms with E-state index in [2.05, 4.69) is 4.90 Å². The third-order valence-electron chi connectivity index (χ3n) is 8.18. The van der Waals surface area contributed by atoms with Crippen LogP contribution >= 0.6 is 0 Å². The molecule has 3 saturated heterocycles. The highest BCUT2D eigenvalue weighted by Crippen LogP contribution is 2.41. The van der Waals surface area contributed by atoms with Gasteiger partial charge in [-0.2, -0.15) is 26.3 Å². The molecule has 0 bridgehead atoms. The SMILES string of the molecule is O=C(c1cc(C(F)(F)F)cc(C(F)(F)F)c1)N1CCC2(CC1)C(=O)N(CCN1CCCC1)CN2c1ccccc1. The first kappa shape index (κ1) is 28.3. The van der Waals surface area contributed by atoms with Crippen LogP contribution in [0.4, 0.5) is 32.0 Å². The van der Waals surface area contributed by atoms with Gasteiger partial charge in [-0.1, -0.05) is 18.2 Å². The van der Waals surface area contributed by atoms with E-state index in [0.29, 0.717) is 25.3 Å². The summed E-state index contributed by atoms with van der Waals surface area (Å²) in [6, 6.07) is 10.3. The minimum Gasteiger partial charge on any atom is -0.339 e. The molecule has 0 N–H and O–H groups in total. The van der Waals surface area contributed by atoms with Crippen molar-refractivity contribution < 1.29 is 35.9 Å². The summed E-state index contributed by atoms with van der Waals surface area (Å²) >= 11 is 0. The molecule has 12 heteroatoms. The van der Waals surface area contributed by atoms with Crippen molar-refractivity contribution in [3.05, 3.63) is 65.2 Å². The van der Waals surface area contributed by atoms with Gasteiger partial charge >= 0.3 is 12.4 Å². The third kappa shape index (κ3) is 5.50. The summed E-state index contributed by atoms with van der Waals surface area (Å²) in [5.41, 5.74) is -3.85. The Kier molecular flexibility index (Phi) is 7.49. The Hall–Kier alpha value is -3.28. The second kappa shape index (κ2) is 10.6. The Labute approximate surface area is 228 Å². The first-order chi connectivity index (χ1) is 18.9. The number of amides is 2. The lowest BCUT2D eigenvalue weighted by atomic mass is 9.85. The fraction of sp³-hybridized carbons (Fsp3) is 0.500. The van der Waals surface area contributed by atoms with Crippen molar-refractivity contribution in [1.82, 2.24) is 14.7 Å². The molecule has 2 aromatic carbocycles. The number of benzene rings is 2. The first-order valence-corrected chi connectivity index (χ1v) is 13.3. The number of para-hydroxylation sites is 1. The van der Waals surface area contributed by atoms with E-state index in [1.54, 1.807) is 0 Å². The van der Waals surface area contributed by atoms with E-state index < -0.39 is 40.5 Å². The number of likely N-dealkylation sites (tertiary alicyclic amines) is 2. The Morgan fingerprint density at radius 3 is 1.93 bits per heavy atom. The molecule has 40 heavy (non-hydrogen) atoms. The van der Waals surface area contributed by atoms with E-state index >= 15 is 0 Å². The zero-order chi connectivity index (χ0) is 28.7. The molecule has 0 unspecified atom stereocenters. The van der Waals surface area contributed by atoms with Gasteiger partial charge in [-0.25, -0.2) is 0 Å². The van der Waals surface area contributed by atoms with Gasteiger partial charge in [0.05, 0.1) is 17.8 Å². The number of carbonyl (C=O) groups is 2. The Morgan fingerprint density at radius 2 is 1.38 bits per heavy atom. The molecule has 216 valence electrons. The van der Waals surface area contributed by atoms with Crippen LogP contribution in [0.1, 0.15) is 47.2 Å². The summed E-state index contributed by atoms with van der Waals surface area (Å²) in [5.74, 6) is -0.991. The van der Waals surface area contributed by atoms with Gasteiger partial charge in [-0.05, 0) is 69.1 Å². The number of alkyl halides is 6. The summed E-state index contributed by atoms with van der Waals surface area (Å²) < 4.78 is 80.1. The maximum Gasteiger partial charge on any atom is 0.416 e. The molecule has 1 spiro atoms. The van der Waals surface area contributed by atoms with E-state index in [-0.39, 0.29) is 37.9 Å². The molecule has 3 heterocycles. The second-order valence-electron chi connectivity index (χ2n) is 10.6. The Bertz CT molecular complexity index is 1200. The molecule has 3 aliphatic heterocycles. The Balaban J connectivity index is 1.37. The number of halogens is 6. The van der Waals surface area contributed by atoms with Gasteiger partial charge in [0.15, 0.2) is 0 Å². The Morgan fingerprint density at radius 1 is 0.800 bits per heavy atom. The molecule has 0 saturated carbocycles. The van der Waals surface area contributed by atoms with Gasteiger partial charge in [0.1, 0.15) is 5.54 Å². The van der Waals surface area contributed by atoms with Gasteiger partial charge in [0, 0.05) is 37.4 Å². The maximum atomic E-state index is 13.8. The number of nitrogens with zero attached hydrogens (tertiary/aromatic N) is 4. The highest BCUT2D eigenvalue weighted by Gasteiger charge is 2.54. The van der Waals surface area contributed by atoms with Gasteiger partial charge in [0.25, 0.3) is 5.91 Å². The fourth-order valence-corrected chi connectivity index (χ4v) is 5.98. The number of piperidine rings is 1. The molecule has 0 aromatic heterocycles. The second-order valence-corrected chi connectivity index (χ2v) is 10.6. The fourth-order valence-electron chi connectivity index (χ4n) is 5.98. The third-order valence-corrected chi connectivity index (χ3v) is 8.18. The molecule has 2 aromatic rings. The van der Waals surface area contributed by atoms with Crippen molar-refractivity contribution in [2.24, 2.45) is 0 Å². The molecule has 0 aliphatic carbocycles. The zero-order valence-corrected chi connectivity index (χ0v) is 21.8. The van der Waals surface area contributed by atoms with Gasteiger partial charge in [-0.3, -0.25) is 9.59 Å². The van der Waals surface area contributed by atoms with E-state index in [1.165, 1.54) is 4.90 Å². The quantitative estimate of drug-likeness (QED) is 0.471. The molecule has 3 aliphatic rings. The highest BCUT2D eigenvalue weighted by atomic mass is 19.4. The molecule has 2 amide bonds. The average molecular weight is 569 g/mol. The number of hydrogen-bond acceptors (Lipinski definition) is 4. The van der Waals surface area contributed by atoms with E-state index in [0.717, 1.165) is 38.2 Å². The van der Waals surface area contributed by atoms with Gasteiger partial charge in [-0.15, -0.1) is 0 Å². The number of carbonyl (C=O) groups excluding carboxylic acids is 2. The minimum atomic E-state index is -5.05. The molecule has 0 radical (unpaired) electrons. The van der Waals surface area contributed by atoms with Crippen LogP contribution in [-0.4, -0.2) is 78.0 Å². The molecule has 3 fully saturated rings. The molecular formula is C28H30F6N4O2. The number of hydrogen-bond donors (Lipinski definition) is 0.